The lowest BCUT2D eigenvalue weighted by molar-refractivity contribution is -0.155. The summed E-state index contributed by atoms with van der Waals surface area (Å²) in [5.41, 5.74) is 1.67. The number of aryl methyl sites for hydroxylation is 1. The molecule has 3 fully saturated rings. The van der Waals surface area contributed by atoms with Crippen LogP contribution in [0.3, 0.4) is 0 Å². The van der Waals surface area contributed by atoms with Crippen LogP contribution in [-0.4, -0.2) is 52.8 Å². The van der Waals surface area contributed by atoms with Gasteiger partial charge in [0, 0.05) is 19.6 Å². The van der Waals surface area contributed by atoms with Crippen LogP contribution in [0.4, 0.5) is 0 Å². The molecule has 1 spiro atoms. The van der Waals surface area contributed by atoms with Crippen molar-refractivity contribution in [1.82, 2.24) is 9.80 Å². The monoisotopic (exact) mass is 370 g/mol. The average molecular weight is 370 g/mol. The van der Waals surface area contributed by atoms with Crippen molar-refractivity contribution in [3.8, 4) is 0 Å². The van der Waals surface area contributed by atoms with Crippen LogP contribution in [-0.2, 0) is 25.7 Å². The molecule has 1 saturated carbocycles. The first-order valence-electron chi connectivity index (χ1n) is 9.81. The minimum atomic E-state index is -0.615. The summed E-state index contributed by atoms with van der Waals surface area (Å²) in [4.78, 5) is 41.0. The van der Waals surface area contributed by atoms with Gasteiger partial charge in [-0.05, 0) is 38.2 Å². The summed E-state index contributed by atoms with van der Waals surface area (Å²) in [6.45, 7) is 3.72. The standard InChI is InChI=1S/C21H26N2O4/c1-15-4-6-16(7-5-15)13-22-10-11-23(14-18(22)24)20(26)17-12-19(25)27-21(17)8-2-3-9-21/h4-7,17H,2-3,8-14H2,1H3/t17-/m1/s1. The maximum Gasteiger partial charge on any atom is 0.307 e. The fourth-order valence-electron chi connectivity index (χ4n) is 4.63. The number of benzene rings is 1. The van der Waals surface area contributed by atoms with Gasteiger partial charge >= 0.3 is 5.97 Å². The number of rotatable bonds is 3. The Labute approximate surface area is 159 Å². The van der Waals surface area contributed by atoms with E-state index in [0.717, 1.165) is 31.2 Å². The summed E-state index contributed by atoms with van der Waals surface area (Å²) in [6.07, 6.45) is 3.64. The smallest absolute Gasteiger partial charge is 0.307 e. The van der Waals surface area contributed by atoms with Gasteiger partial charge in [0.2, 0.25) is 11.8 Å². The van der Waals surface area contributed by atoms with Crippen molar-refractivity contribution < 1.29 is 19.1 Å². The predicted molar refractivity (Wildman–Crippen MR) is 98.6 cm³/mol. The molecule has 1 aromatic carbocycles. The van der Waals surface area contributed by atoms with Crippen molar-refractivity contribution >= 4 is 17.8 Å². The highest BCUT2D eigenvalue weighted by Crippen LogP contribution is 2.46. The van der Waals surface area contributed by atoms with Gasteiger partial charge < -0.3 is 14.5 Å². The van der Waals surface area contributed by atoms with Gasteiger partial charge in [-0.2, -0.15) is 0 Å². The van der Waals surface area contributed by atoms with Crippen molar-refractivity contribution in [2.45, 2.75) is 51.2 Å². The zero-order chi connectivity index (χ0) is 19.0. The number of carbonyl (C=O) groups is 3. The van der Waals surface area contributed by atoms with E-state index in [1.54, 1.807) is 9.80 Å². The van der Waals surface area contributed by atoms with E-state index in [1.807, 2.05) is 31.2 Å². The van der Waals surface area contributed by atoms with Crippen LogP contribution in [0.1, 0.15) is 43.2 Å². The van der Waals surface area contributed by atoms with Crippen molar-refractivity contribution in [2.24, 2.45) is 5.92 Å². The van der Waals surface area contributed by atoms with Crippen LogP contribution in [0.2, 0.25) is 0 Å². The van der Waals surface area contributed by atoms with E-state index < -0.39 is 11.5 Å². The highest BCUT2D eigenvalue weighted by molar-refractivity contribution is 5.91. The maximum absolute atomic E-state index is 13.1. The average Bonchev–Trinajstić information content (AvgIpc) is 3.24. The molecule has 144 valence electrons. The zero-order valence-corrected chi connectivity index (χ0v) is 15.8. The fraction of sp³-hybridized carbons (Fsp3) is 0.571. The zero-order valence-electron chi connectivity index (χ0n) is 15.8. The summed E-state index contributed by atoms with van der Waals surface area (Å²) in [7, 11) is 0. The first-order chi connectivity index (χ1) is 13.0. The van der Waals surface area contributed by atoms with E-state index in [-0.39, 0.29) is 30.7 Å². The van der Waals surface area contributed by atoms with E-state index in [9.17, 15) is 14.4 Å². The van der Waals surface area contributed by atoms with Crippen LogP contribution in [0.15, 0.2) is 24.3 Å². The van der Waals surface area contributed by atoms with Gasteiger partial charge in [-0.1, -0.05) is 29.8 Å². The SMILES string of the molecule is Cc1ccc(CN2CCN(C(=O)[C@H]3CC(=O)OC34CCCC4)CC2=O)cc1. The molecule has 2 amide bonds. The van der Waals surface area contributed by atoms with Gasteiger partial charge in [-0.25, -0.2) is 0 Å². The van der Waals surface area contributed by atoms with Gasteiger partial charge in [0.25, 0.3) is 0 Å². The van der Waals surface area contributed by atoms with Crippen molar-refractivity contribution in [1.29, 1.82) is 0 Å². The van der Waals surface area contributed by atoms with E-state index >= 15 is 0 Å². The van der Waals surface area contributed by atoms with Crippen molar-refractivity contribution in [3.05, 3.63) is 35.4 Å². The predicted octanol–water partition coefficient (Wildman–Crippen LogP) is 2.04. The minimum Gasteiger partial charge on any atom is -0.458 e. The molecule has 2 heterocycles. The highest BCUT2D eigenvalue weighted by Gasteiger charge is 2.55. The number of hydrogen-bond acceptors (Lipinski definition) is 4. The number of hydrogen-bond donors (Lipinski definition) is 0. The number of carbonyl (C=O) groups excluding carboxylic acids is 3. The third-order valence-electron chi connectivity index (χ3n) is 6.20. The first-order valence-corrected chi connectivity index (χ1v) is 9.81. The molecule has 0 radical (unpaired) electrons. The molecular weight excluding hydrogens is 344 g/mol. The minimum absolute atomic E-state index is 0.0408. The highest BCUT2D eigenvalue weighted by atomic mass is 16.6. The van der Waals surface area contributed by atoms with Gasteiger partial charge in [0.1, 0.15) is 5.60 Å². The molecule has 1 aliphatic carbocycles. The molecule has 2 aliphatic heterocycles. The van der Waals surface area contributed by atoms with Crippen LogP contribution in [0.5, 0.6) is 0 Å². The van der Waals surface area contributed by atoms with Gasteiger partial charge in [-0.3, -0.25) is 14.4 Å². The van der Waals surface area contributed by atoms with Gasteiger partial charge in [0.15, 0.2) is 0 Å². The molecule has 0 unspecified atom stereocenters. The number of esters is 1. The topological polar surface area (TPSA) is 66.9 Å². The molecule has 0 bridgehead atoms. The van der Waals surface area contributed by atoms with Crippen LogP contribution in [0, 0.1) is 12.8 Å². The summed E-state index contributed by atoms with van der Waals surface area (Å²) in [6, 6.07) is 8.15. The number of nitrogens with zero attached hydrogens (tertiary/aromatic N) is 2. The molecular formula is C21H26N2O4. The van der Waals surface area contributed by atoms with Gasteiger partial charge in [0.05, 0.1) is 18.9 Å². The number of ether oxygens (including phenoxy) is 1. The molecule has 2 saturated heterocycles. The molecule has 0 aromatic heterocycles. The number of piperazine rings is 1. The van der Waals surface area contributed by atoms with E-state index in [0.29, 0.717) is 19.6 Å². The summed E-state index contributed by atoms with van der Waals surface area (Å²) < 4.78 is 5.59. The van der Waals surface area contributed by atoms with Crippen LogP contribution >= 0.6 is 0 Å². The Kier molecular flexibility index (Phi) is 4.66. The molecule has 3 aliphatic rings. The first kappa shape index (κ1) is 18.0. The Morgan fingerprint density at radius 2 is 1.85 bits per heavy atom. The molecule has 6 nitrogen and oxygen atoms in total. The Bertz CT molecular complexity index is 752. The lowest BCUT2D eigenvalue weighted by Gasteiger charge is -2.37. The maximum atomic E-state index is 13.1. The lowest BCUT2D eigenvalue weighted by atomic mass is 9.84. The van der Waals surface area contributed by atoms with Crippen molar-refractivity contribution in [2.75, 3.05) is 19.6 Å². The second kappa shape index (κ2) is 6.98. The normalized spacial score (nSPS) is 24.6. The fourth-order valence-corrected chi connectivity index (χ4v) is 4.63. The second-order valence-electron chi connectivity index (χ2n) is 8.06. The quantitative estimate of drug-likeness (QED) is 0.764. The largest absolute Gasteiger partial charge is 0.458 e. The molecule has 27 heavy (non-hydrogen) atoms. The lowest BCUT2D eigenvalue weighted by Crippen LogP contribution is -2.55. The second-order valence-corrected chi connectivity index (χ2v) is 8.06. The Hall–Kier alpha value is -2.37. The molecule has 4 rings (SSSR count). The van der Waals surface area contributed by atoms with Crippen LogP contribution in [0.25, 0.3) is 0 Å². The van der Waals surface area contributed by atoms with E-state index in [4.69, 9.17) is 4.74 Å². The van der Waals surface area contributed by atoms with Gasteiger partial charge in [-0.15, -0.1) is 0 Å². The third-order valence-corrected chi connectivity index (χ3v) is 6.20. The summed E-state index contributed by atoms with van der Waals surface area (Å²) in [5, 5.41) is 0. The van der Waals surface area contributed by atoms with Crippen molar-refractivity contribution in [3.63, 3.8) is 0 Å². The Morgan fingerprint density at radius 3 is 2.52 bits per heavy atom. The summed E-state index contributed by atoms with van der Waals surface area (Å²) >= 11 is 0. The molecule has 1 aromatic rings. The summed E-state index contributed by atoms with van der Waals surface area (Å²) in [5.74, 6) is -0.837. The molecule has 0 N–H and O–H groups in total. The Morgan fingerprint density at radius 1 is 1.15 bits per heavy atom. The van der Waals surface area contributed by atoms with E-state index in [2.05, 4.69) is 0 Å². The molecule has 6 heteroatoms. The Balaban J connectivity index is 1.40. The molecule has 1 atom stereocenters. The number of amides is 2. The van der Waals surface area contributed by atoms with E-state index in [1.165, 1.54) is 5.56 Å². The van der Waals surface area contributed by atoms with Crippen LogP contribution < -0.4 is 0 Å². The third kappa shape index (κ3) is 3.45.